The normalized spacial score (nSPS) is 16.1. The van der Waals surface area contributed by atoms with Crippen molar-refractivity contribution in [3.63, 3.8) is 0 Å². The average Bonchev–Trinajstić information content (AvgIpc) is 3.38. The van der Waals surface area contributed by atoms with E-state index in [4.69, 9.17) is 4.52 Å². The number of halogens is 1. The zero-order chi connectivity index (χ0) is 20.9. The molecule has 2 aromatic carbocycles. The lowest BCUT2D eigenvalue weighted by Gasteiger charge is -2.18. The van der Waals surface area contributed by atoms with E-state index in [2.05, 4.69) is 39.4 Å². The molecule has 6 nitrogen and oxygen atoms in total. The lowest BCUT2D eigenvalue weighted by atomic mass is 10.2. The molecule has 1 saturated heterocycles. The molecule has 1 amide bonds. The predicted molar refractivity (Wildman–Crippen MR) is 114 cm³/mol. The van der Waals surface area contributed by atoms with Crippen LogP contribution in [0.25, 0.3) is 11.4 Å². The van der Waals surface area contributed by atoms with Gasteiger partial charge in [-0.25, -0.2) is 4.39 Å². The molecule has 1 fully saturated rings. The van der Waals surface area contributed by atoms with Gasteiger partial charge < -0.3 is 14.7 Å². The number of aryl methyl sites for hydroxylation is 1. The molecule has 1 atom stereocenters. The van der Waals surface area contributed by atoms with Gasteiger partial charge in [-0.15, -0.1) is 0 Å². The maximum atomic E-state index is 13.0. The smallest absolute Gasteiger partial charge is 0.226 e. The number of nitrogens with zero attached hydrogens (tertiary/aromatic N) is 3. The fourth-order valence-corrected chi connectivity index (χ4v) is 3.62. The number of benzene rings is 2. The second-order valence-electron chi connectivity index (χ2n) is 7.81. The molecule has 1 N–H and O–H groups in total. The van der Waals surface area contributed by atoms with Gasteiger partial charge >= 0.3 is 0 Å². The van der Waals surface area contributed by atoms with Crippen LogP contribution in [0.15, 0.2) is 53.1 Å². The highest BCUT2D eigenvalue weighted by Gasteiger charge is 2.18. The van der Waals surface area contributed by atoms with Crippen molar-refractivity contribution < 1.29 is 13.7 Å². The molecule has 4 rings (SSSR count). The number of amides is 1. The molecule has 0 radical (unpaired) electrons. The van der Waals surface area contributed by atoms with Gasteiger partial charge in [0, 0.05) is 42.9 Å². The predicted octanol–water partition coefficient (Wildman–Crippen LogP) is 4.68. The van der Waals surface area contributed by atoms with Crippen molar-refractivity contribution >= 4 is 17.3 Å². The fourth-order valence-electron chi connectivity index (χ4n) is 3.62. The van der Waals surface area contributed by atoms with Gasteiger partial charge in [0.25, 0.3) is 0 Å². The minimum absolute atomic E-state index is 0.0455. The first-order valence-corrected chi connectivity index (χ1v) is 10.3. The minimum atomic E-state index is -0.311. The molecule has 0 aliphatic carbocycles. The van der Waals surface area contributed by atoms with Crippen LogP contribution in [-0.2, 0) is 11.2 Å². The van der Waals surface area contributed by atoms with Crippen molar-refractivity contribution in [3.05, 3.63) is 60.2 Å². The second kappa shape index (κ2) is 9.07. The molecule has 0 spiro atoms. The molecule has 30 heavy (non-hydrogen) atoms. The molecule has 3 aromatic rings. The third kappa shape index (κ3) is 5.03. The highest BCUT2D eigenvalue weighted by molar-refractivity contribution is 5.90. The maximum absolute atomic E-state index is 13.0. The number of rotatable bonds is 7. The van der Waals surface area contributed by atoms with E-state index in [9.17, 15) is 9.18 Å². The Morgan fingerprint density at radius 1 is 1.20 bits per heavy atom. The zero-order valence-corrected chi connectivity index (χ0v) is 17.0. The maximum Gasteiger partial charge on any atom is 0.226 e. The Bertz CT molecular complexity index is 985. The van der Waals surface area contributed by atoms with Gasteiger partial charge in [-0.1, -0.05) is 12.1 Å². The highest BCUT2D eigenvalue weighted by Crippen LogP contribution is 2.25. The van der Waals surface area contributed by atoms with Crippen LogP contribution in [0.2, 0.25) is 0 Å². The lowest BCUT2D eigenvalue weighted by molar-refractivity contribution is -0.116. The van der Waals surface area contributed by atoms with Gasteiger partial charge in [-0.2, -0.15) is 4.98 Å². The van der Waals surface area contributed by atoms with E-state index >= 15 is 0 Å². The number of hydrogen-bond acceptors (Lipinski definition) is 5. The quantitative estimate of drug-likeness (QED) is 0.614. The number of carbonyl (C=O) groups is 1. The first-order valence-electron chi connectivity index (χ1n) is 10.3. The summed E-state index contributed by atoms with van der Waals surface area (Å²) >= 11 is 0. The zero-order valence-electron chi connectivity index (χ0n) is 17.0. The van der Waals surface area contributed by atoms with Crippen LogP contribution in [0.1, 0.15) is 32.1 Å². The largest absolute Gasteiger partial charge is 0.371 e. The van der Waals surface area contributed by atoms with Gasteiger partial charge in [-0.3, -0.25) is 4.79 Å². The molecule has 1 aliphatic heterocycles. The third-order valence-corrected chi connectivity index (χ3v) is 5.31. The number of hydrogen-bond donors (Lipinski definition) is 1. The number of nitrogens with one attached hydrogen (secondary N) is 1. The summed E-state index contributed by atoms with van der Waals surface area (Å²) < 4.78 is 18.2. The molecule has 7 heteroatoms. The van der Waals surface area contributed by atoms with Crippen LogP contribution in [0, 0.1) is 11.7 Å². The molecule has 156 valence electrons. The molecule has 1 aliphatic rings. The van der Waals surface area contributed by atoms with E-state index in [-0.39, 0.29) is 11.7 Å². The Hall–Kier alpha value is -3.22. The molecule has 1 aromatic heterocycles. The Kier molecular flexibility index (Phi) is 6.07. The monoisotopic (exact) mass is 408 g/mol. The first kappa shape index (κ1) is 20.1. The van der Waals surface area contributed by atoms with Crippen molar-refractivity contribution in [2.75, 3.05) is 23.3 Å². The topological polar surface area (TPSA) is 71.3 Å². The summed E-state index contributed by atoms with van der Waals surface area (Å²) in [4.78, 5) is 18.9. The summed E-state index contributed by atoms with van der Waals surface area (Å²) in [6.45, 7) is 4.45. The van der Waals surface area contributed by atoms with Crippen molar-refractivity contribution in [1.82, 2.24) is 10.1 Å². The van der Waals surface area contributed by atoms with E-state index in [1.54, 1.807) is 12.1 Å². The van der Waals surface area contributed by atoms with Crippen molar-refractivity contribution in [2.45, 2.75) is 32.6 Å². The van der Waals surface area contributed by atoms with E-state index < -0.39 is 0 Å². The number of aromatic nitrogens is 2. The van der Waals surface area contributed by atoms with Crippen LogP contribution < -0.4 is 10.2 Å². The Morgan fingerprint density at radius 3 is 2.67 bits per heavy atom. The SMILES string of the molecule is CC1CCN(c2ccc(NC(=O)CCCc3nc(-c4ccc(F)cc4)no3)cc2)C1. The molecule has 2 heterocycles. The van der Waals surface area contributed by atoms with Crippen LogP contribution in [-0.4, -0.2) is 29.1 Å². The minimum Gasteiger partial charge on any atom is -0.371 e. The summed E-state index contributed by atoms with van der Waals surface area (Å²) in [5.41, 5.74) is 2.69. The standard InChI is InChI=1S/C23H25FN4O2/c1-16-13-14-28(15-16)20-11-9-19(10-12-20)25-21(29)3-2-4-22-26-23(27-30-22)17-5-7-18(24)8-6-17/h5-12,16H,2-4,13-15H2,1H3,(H,25,29). The number of anilines is 2. The molecule has 0 saturated carbocycles. The molecule has 0 bridgehead atoms. The van der Waals surface area contributed by atoms with Gasteiger partial charge in [0.05, 0.1) is 0 Å². The number of carbonyl (C=O) groups excluding carboxylic acids is 1. The highest BCUT2D eigenvalue weighted by atomic mass is 19.1. The molecular formula is C23H25FN4O2. The lowest BCUT2D eigenvalue weighted by Crippen LogP contribution is -2.19. The summed E-state index contributed by atoms with van der Waals surface area (Å²) in [6.07, 6.45) is 2.69. The van der Waals surface area contributed by atoms with Crippen LogP contribution in [0.4, 0.5) is 15.8 Å². The van der Waals surface area contributed by atoms with E-state index in [1.807, 2.05) is 12.1 Å². The molecule has 1 unspecified atom stereocenters. The van der Waals surface area contributed by atoms with E-state index in [0.717, 1.165) is 24.7 Å². The first-order chi connectivity index (χ1) is 14.6. The second-order valence-corrected chi connectivity index (χ2v) is 7.81. The molecular weight excluding hydrogens is 383 g/mol. The van der Waals surface area contributed by atoms with Crippen molar-refractivity contribution in [3.8, 4) is 11.4 Å². The Morgan fingerprint density at radius 2 is 1.97 bits per heavy atom. The summed E-state index contributed by atoms with van der Waals surface area (Å²) in [7, 11) is 0. The van der Waals surface area contributed by atoms with Gasteiger partial charge in [-0.05, 0) is 67.3 Å². The van der Waals surface area contributed by atoms with E-state index in [1.165, 1.54) is 24.2 Å². The van der Waals surface area contributed by atoms with Crippen molar-refractivity contribution in [2.24, 2.45) is 5.92 Å². The van der Waals surface area contributed by atoms with Crippen LogP contribution in [0.3, 0.4) is 0 Å². The van der Waals surface area contributed by atoms with Crippen LogP contribution in [0.5, 0.6) is 0 Å². The fraction of sp³-hybridized carbons (Fsp3) is 0.348. The summed E-state index contributed by atoms with van der Waals surface area (Å²) in [5, 5.41) is 6.85. The van der Waals surface area contributed by atoms with Gasteiger partial charge in [0.2, 0.25) is 17.6 Å². The Labute approximate surface area is 175 Å². The summed E-state index contributed by atoms with van der Waals surface area (Å²) in [5.74, 6) is 1.26. The third-order valence-electron chi connectivity index (χ3n) is 5.31. The van der Waals surface area contributed by atoms with Crippen molar-refractivity contribution in [1.29, 1.82) is 0 Å². The van der Waals surface area contributed by atoms with Gasteiger partial charge in [0.15, 0.2) is 0 Å². The van der Waals surface area contributed by atoms with Gasteiger partial charge in [0.1, 0.15) is 5.82 Å². The van der Waals surface area contributed by atoms with E-state index in [0.29, 0.717) is 36.5 Å². The summed E-state index contributed by atoms with van der Waals surface area (Å²) in [6, 6.07) is 13.9. The average molecular weight is 408 g/mol. The Balaban J connectivity index is 1.23. The van der Waals surface area contributed by atoms with Crippen LogP contribution >= 0.6 is 0 Å².